The van der Waals surface area contributed by atoms with E-state index in [2.05, 4.69) is 15.6 Å². The van der Waals surface area contributed by atoms with Crippen molar-refractivity contribution in [3.63, 3.8) is 0 Å². The number of halogens is 3. The molecule has 0 aliphatic heterocycles. The Bertz CT molecular complexity index is 1360. The van der Waals surface area contributed by atoms with Gasteiger partial charge in [-0.2, -0.15) is 0 Å². The minimum Gasteiger partial charge on any atom is -0.479 e. The van der Waals surface area contributed by atoms with Gasteiger partial charge in [-0.25, -0.2) is 4.98 Å². The number of fused-ring (bicyclic) bond motifs is 1. The van der Waals surface area contributed by atoms with Crippen LogP contribution in [0.25, 0.3) is 22.6 Å². The van der Waals surface area contributed by atoms with Gasteiger partial charge in [-0.05, 0) is 67.7 Å². The normalized spacial score (nSPS) is 11.8. The largest absolute Gasteiger partial charge is 0.479 e. The Labute approximate surface area is 209 Å². The van der Waals surface area contributed by atoms with Crippen LogP contribution < -0.4 is 15.4 Å². The monoisotopic (exact) mass is 519 g/mol. The number of nitrogens with one attached hydrogen (secondary N) is 2. The topological polar surface area (TPSA) is 76.4 Å². The van der Waals surface area contributed by atoms with Gasteiger partial charge in [0, 0.05) is 10.7 Å². The molecule has 2 N–H and O–H groups in total. The van der Waals surface area contributed by atoms with E-state index >= 15 is 0 Å². The number of carbonyl (C=O) groups is 1. The van der Waals surface area contributed by atoms with Crippen molar-refractivity contribution in [1.29, 1.82) is 0 Å². The standard InChI is InChI=1S/C23H16Cl3N3O3S/c1-12(31-19-8-6-13(24)10-17(19)26)21(30)29-23(33)27-14-7-9-20-18(11-14)28-22(32-20)15-4-2-3-5-16(15)25/h2-12H,1H3,(H2,27,29,30,33). The summed E-state index contributed by atoms with van der Waals surface area (Å²) in [6.45, 7) is 1.58. The Morgan fingerprint density at radius 2 is 1.85 bits per heavy atom. The first-order chi connectivity index (χ1) is 15.8. The zero-order valence-electron chi connectivity index (χ0n) is 17.1. The molecule has 0 aliphatic carbocycles. The number of amides is 1. The molecule has 1 unspecified atom stereocenters. The Kier molecular flexibility index (Phi) is 7.05. The van der Waals surface area contributed by atoms with Crippen LogP contribution in [0.2, 0.25) is 15.1 Å². The highest BCUT2D eigenvalue weighted by Gasteiger charge is 2.18. The molecule has 1 heterocycles. The van der Waals surface area contributed by atoms with Crippen LogP contribution in [0.15, 0.2) is 65.1 Å². The van der Waals surface area contributed by atoms with Crippen LogP contribution in [0.5, 0.6) is 5.75 Å². The highest BCUT2D eigenvalue weighted by Crippen LogP contribution is 2.31. The quantitative estimate of drug-likeness (QED) is 0.284. The van der Waals surface area contributed by atoms with E-state index in [1.54, 1.807) is 43.3 Å². The van der Waals surface area contributed by atoms with Crippen LogP contribution >= 0.6 is 47.0 Å². The van der Waals surface area contributed by atoms with E-state index in [0.29, 0.717) is 49.1 Å². The summed E-state index contributed by atoms with van der Waals surface area (Å²) in [5.41, 5.74) is 2.52. The van der Waals surface area contributed by atoms with Crippen molar-refractivity contribution in [2.45, 2.75) is 13.0 Å². The molecule has 4 aromatic rings. The van der Waals surface area contributed by atoms with E-state index in [1.807, 2.05) is 18.2 Å². The number of aromatic nitrogens is 1. The number of oxazole rings is 1. The molecule has 0 spiro atoms. The van der Waals surface area contributed by atoms with E-state index in [-0.39, 0.29) is 5.11 Å². The summed E-state index contributed by atoms with van der Waals surface area (Å²) in [6, 6.07) is 17.3. The van der Waals surface area contributed by atoms with E-state index in [9.17, 15) is 4.79 Å². The average molecular weight is 521 g/mol. The number of hydrogen-bond acceptors (Lipinski definition) is 5. The van der Waals surface area contributed by atoms with Gasteiger partial charge in [0.25, 0.3) is 5.91 Å². The van der Waals surface area contributed by atoms with E-state index in [1.165, 1.54) is 6.07 Å². The third-order valence-electron chi connectivity index (χ3n) is 4.55. The summed E-state index contributed by atoms with van der Waals surface area (Å²) in [5, 5.41) is 6.97. The van der Waals surface area contributed by atoms with Gasteiger partial charge in [-0.1, -0.05) is 46.9 Å². The molecule has 1 atom stereocenters. The number of ether oxygens (including phenoxy) is 1. The fourth-order valence-corrected chi connectivity index (χ4v) is 3.83. The van der Waals surface area contributed by atoms with E-state index in [0.717, 1.165) is 0 Å². The third kappa shape index (κ3) is 5.57. The van der Waals surface area contributed by atoms with Gasteiger partial charge < -0.3 is 14.5 Å². The van der Waals surface area contributed by atoms with Crippen molar-refractivity contribution in [2.24, 2.45) is 0 Å². The highest BCUT2D eigenvalue weighted by molar-refractivity contribution is 7.80. The van der Waals surface area contributed by atoms with Crippen molar-refractivity contribution in [3.8, 4) is 17.2 Å². The summed E-state index contributed by atoms with van der Waals surface area (Å²) in [6.07, 6.45) is -0.848. The minimum absolute atomic E-state index is 0.104. The van der Waals surface area contributed by atoms with Crippen molar-refractivity contribution < 1.29 is 13.9 Å². The molecule has 0 aliphatic rings. The third-order valence-corrected chi connectivity index (χ3v) is 5.62. The second kappa shape index (κ2) is 9.97. The molecule has 33 heavy (non-hydrogen) atoms. The van der Waals surface area contributed by atoms with E-state index in [4.69, 9.17) is 56.2 Å². The highest BCUT2D eigenvalue weighted by atomic mass is 35.5. The van der Waals surface area contributed by atoms with Gasteiger partial charge in [0.2, 0.25) is 5.89 Å². The zero-order valence-corrected chi connectivity index (χ0v) is 20.1. The molecule has 6 nitrogen and oxygen atoms in total. The maximum atomic E-state index is 12.5. The Morgan fingerprint density at radius 3 is 2.61 bits per heavy atom. The Morgan fingerprint density at radius 1 is 1.06 bits per heavy atom. The minimum atomic E-state index is -0.848. The van der Waals surface area contributed by atoms with Gasteiger partial charge in [0.15, 0.2) is 16.8 Å². The smallest absolute Gasteiger partial charge is 0.266 e. The van der Waals surface area contributed by atoms with Gasteiger partial charge in [0.1, 0.15) is 11.3 Å². The van der Waals surface area contributed by atoms with Crippen LogP contribution in [0.3, 0.4) is 0 Å². The number of rotatable bonds is 5. The maximum Gasteiger partial charge on any atom is 0.266 e. The molecular weight excluding hydrogens is 505 g/mol. The Balaban J connectivity index is 1.41. The SMILES string of the molecule is CC(Oc1ccc(Cl)cc1Cl)C(=O)NC(=S)Nc1ccc2oc(-c3ccccc3Cl)nc2c1. The lowest BCUT2D eigenvalue weighted by molar-refractivity contribution is -0.125. The molecule has 0 fully saturated rings. The first-order valence-electron chi connectivity index (χ1n) is 9.69. The first-order valence-corrected chi connectivity index (χ1v) is 11.2. The summed E-state index contributed by atoms with van der Waals surface area (Å²) >= 11 is 23.5. The molecule has 3 aromatic carbocycles. The lowest BCUT2D eigenvalue weighted by atomic mass is 10.2. The van der Waals surface area contributed by atoms with Crippen LogP contribution in [0, 0.1) is 0 Å². The second-order valence-electron chi connectivity index (χ2n) is 6.96. The van der Waals surface area contributed by atoms with Gasteiger partial charge >= 0.3 is 0 Å². The van der Waals surface area contributed by atoms with Crippen molar-refractivity contribution >= 4 is 74.8 Å². The molecule has 0 saturated carbocycles. The van der Waals surface area contributed by atoms with Crippen LogP contribution in [-0.4, -0.2) is 22.1 Å². The van der Waals surface area contributed by atoms with E-state index < -0.39 is 12.0 Å². The van der Waals surface area contributed by atoms with Gasteiger partial charge in [-0.3, -0.25) is 10.1 Å². The fourth-order valence-electron chi connectivity index (χ4n) is 2.95. The number of carbonyl (C=O) groups excluding carboxylic acids is 1. The molecule has 1 aromatic heterocycles. The van der Waals surface area contributed by atoms with Gasteiger partial charge in [0.05, 0.1) is 15.6 Å². The van der Waals surface area contributed by atoms with Crippen molar-refractivity contribution in [3.05, 3.63) is 75.7 Å². The maximum absolute atomic E-state index is 12.5. The van der Waals surface area contributed by atoms with Crippen LogP contribution in [0.4, 0.5) is 5.69 Å². The lowest BCUT2D eigenvalue weighted by Crippen LogP contribution is -2.42. The predicted molar refractivity (Wildman–Crippen MR) is 135 cm³/mol. The molecule has 168 valence electrons. The number of nitrogens with zero attached hydrogens (tertiary/aromatic N) is 1. The summed E-state index contributed by atoms with van der Waals surface area (Å²) in [7, 11) is 0. The molecule has 0 bridgehead atoms. The summed E-state index contributed by atoms with van der Waals surface area (Å²) in [5.74, 6) is 0.311. The molecule has 1 amide bonds. The van der Waals surface area contributed by atoms with Crippen molar-refractivity contribution in [1.82, 2.24) is 10.3 Å². The lowest BCUT2D eigenvalue weighted by Gasteiger charge is -2.16. The van der Waals surface area contributed by atoms with Crippen LogP contribution in [0.1, 0.15) is 6.92 Å². The first kappa shape index (κ1) is 23.3. The second-order valence-corrected chi connectivity index (χ2v) is 8.62. The molecular formula is C23H16Cl3N3O3S. The Hall–Kier alpha value is -2.84. The molecule has 4 rings (SSSR count). The zero-order chi connectivity index (χ0) is 23.5. The predicted octanol–water partition coefficient (Wildman–Crippen LogP) is 6.74. The number of hydrogen-bond donors (Lipinski definition) is 2. The number of anilines is 1. The molecule has 0 saturated heterocycles. The van der Waals surface area contributed by atoms with Crippen LogP contribution in [-0.2, 0) is 4.79 Å². The summed E-state index contributed by atoms with van der Waals surface area (Å²) < 4.78 is 11.4. The molecule has 0 radical (unpaired) electrons. The number of thiocarbonyl (C=S) groups is 1. The van der Waals surface area contributed by atoms with Gasteiger partial charge in [-0.15, -0.1) is 0 Å². The summed E-state index contributed by atoms with van der Waals surface area (Å²) in [4.78, 5) is 17.0. The fraction of sp³-hybridized carbons (Fsp3) is 0.0870. The average Bonchev–Trinajstić information content (AvgIpc) is 3.19. The number of benzene rings is 3. The van der Waals surface area contributed by atoms with Crippen molar-refractivity contribution in [2.75, 3.05) is 5.32 Å². The molecule has 10 heteroatoms.